The SMILES string of the molecule is O=C(O)c1cc2nccc(Cl)c2o1. The van der Waals surface area contributed by atoms with E-state index in [9.17, 15) is 4.79 Å². The Morgan fingerprint density at radius 3 is 3.00 bits per heavy atom. The van der Waals surface area contributed by atoms with Gasteiger partial charge in [-0.25, -0.2) is 4.79 Å². The molecule has 0 radical (unpaired) electrons. The molecular weight excluding hydrogens is 194 g/mol. The lowest BCUT2D eigenvalue weighted by Crippen LogP contribution is -1.91. The Morgan fingerprint density at radius 1 is 1.62 bits per heavy atom. The normalized spacial score (nSPS) is 10.5. The number of carbonyl (C=O) groups is 1. The Morgan fingerprint density at radius 2 is 2.38 bits per heavy atom. The lowest BCUT2D eigenvalue weighted by molar-refractivity contribution is 0.0665. The minimum Gasteiger partial charge on any atom is -0.475 e. The molecule has 0 aliphatic heterocycles. The summed E-state index contributed by atoms with van der Waals surface area (Å²) in [6, 6.07) is 2.88. The van der Waals surface area contributed by atoms with E-state index in [0.29, 0.717) is 16.1 Å². The average Bonchev–Trinajstić information content (AvgIpc) is 2.49. The van der Waals surface area contributed by atoms with Gasteiger partial charge in [0.1, 0.15) is 5.52 Å². The van der Waals surface area contributed by atoms with Gasteiger partial charge in [0.2, 0.25) is 5.76 Å². The highest BCUT2D eigenvalue weighted by molar-refractivity contribution is 6.34. The van der Waals surface area contributed by atoms with E-state index >= 15 is 0 Å². The molecule has 2 aromatic rings. The van der Waals surface area contributed by atoms with Crippen molar-refractivity contribution in [1.29, 1.82) is 0 Å². The summed E-state index contributed by atoms with van der Waals surface area (Å²) in [5.74, 6) is -1.29. The molecule has 4 nitrogen and oxygen atoms in total. The van der Waals surface area contributed by atoms with Crippen LogP contribution >= 0.6 is 11.6 Å². The largest absolute Gasteiger partial charge is 0.475 e. The molecular formula is C8H4ClNO3. The number of carboxylic acids is 1. The van der Waals surface area contributed by atoms with Crippen LogP contribution in [-0.4, -0.2) is 16.1 Å². The van der Waals surface area contributed by atoms with Crippen molar-refractivity contribution >= 4 is 28.7 Å². The number of aromatic carboxylic acids is 1. The van der Waals surface area contributed by atoms with Gasteiger partial charge in [0, 0.05) is 12.3 Å². The van der Waals surface area contributed by atoms with Crippen LogP contribution in [0.15, 0.2) is 22.7 Å². The molecule has 0 atom stereocenters. The van der Waals surface area contributed by atoms with Crippen molar-refractivity contribution in [3.63, 3.8) is 0 Å². The van der Waals surface area contributed by atoms with Gasteiger partial charge in [-0.2, -0.15) is 0 Å². The number of fused-ring (bicyclic) bond motifs is 1. The molecule has 66 valence electrons. The molecule has 0 aromatic carbocycles. The molecule has 2 rings (SSSR count). The van der Waals surface area contributed by atoms with Gasteiger partial charge in [0.05, 0.1) is 5.02 Å². The Kier molecular flexibility index (Phi) is 1.70. The number of hydrogen-bond acceptors (Lipinski definition) is 3. The Balaban J connectivity index is 2.75. The zero-order valence-electron chi connectivity index (χ0n) is 6.32. The fraction of sp³-hybridized carbons (Fsp3) is 0. The number of pyridine rings is 1. The molecule has 2 aromatic heterocycles. The van der Waals surface area contributed by atoms with Crippen molar-refractivity contribution < 1.29 is 14.3 Å². The van der Waals surface area contributed by atoms with E-state index in [0.717, 1.165) is 0 Å². The summed E-state index contributed by atoms with van der Waals surface area (Å²) in [6.07, 6.45) is 1.49. The molecule has 0 aliphatic rings. The first-order valence-corrected chi connectivity index (χ1v) is 3.83. The number of aromatic nitrogens is 1. The Bertz CT molecular complexity index is 477. The number of furan rings is 1. The zero-order chi connectivity index (χ0) is 9.42. The van der Waals surface area contributed by atoms with E-state index in [-0.39, 0.29) is 5.76 Å². The quantitative estimate of drug-likeness (QED) is 0.761. The Labute approximate surface area is 77.8 Å². The van der Waals surface area contributed by atoms with E-state index in [1.807, 2.05) is 0 Å². The van der Waals surface area contributed by atoms with Crippen LogP contribution in [0.5, 0.6) is 0 Å². The third-order valence-corrected chi connectivity index (χ3v) is 1.87. The van der Waals surface area contributed by atoms with Crippen molar-refractivity contribution in [3.8, 4) is 0 Å². The van der Waals surface area contributed by atoms with Crippen molar-refractivity contribution in [2.75, 3.05) is 0 Å². The maximum Gasteiger partial charge on any atom is 0.371 e. The summed E-state index contributed by atoms with van der Waals surface area (Å²) >= 11 is 5.75. The van der Waals surface area contributed by atoms with E-state index in [4.69, 9.17) is 21.1 Å². The molecule has 0 saturated heterocycles. The van der Waals surface area contributed by atoms with Gasteiger partial charge in [-0.15, -0.1) is 0 Å². The number of halogens is 1. The van der Waals surface area contributed by atoms with Crippen LogP contribution in [0.25, 0.3) is 11.1 Å². The highest BCUT2D eigenvalue weighted by Gasteiger charge is 2.12. The third kappa shape index (κ3) is 1.25. The van der Waals surface area contributed by atoms with Crippen LogP contribution in [0.1, 0.15) is 10.6 Å². The monoisotopic (exact) mass is 197 g/mol. The predicted octanol–water partition coefficient (Wildman–Crippen LogP) is 2.18. The second-order valence-electron chi connectivity index (χ2n) is 2.42. The Hall–Kier alpha value is -1.55. The molecule has 0 aliphatic carbocycles. The minimum atomic E-state index is -1.13. The van der Waals surface area contributed by atoms with E-state index < -0.39 is 5.97 Å². The van der Waals surface area contributed by atoms with Crippen molar-refractivity contribution in [2.45, 2.75) is 0 Å². The summed E-state index contributed by atoms with van der Waals surface area (Å²) in [5, 5.41) is 8.97. The molecule has 13 heavy (non-hydrogen) atoms. The highest BCUT2D eigenvalue weighted by Crippen LogP contribution is 2.24. The second kappa shape index (κ2) is 2.74. The van der Waals surface area contributed by atoms with Gasteiger partial charge in [-0.1, -0.05) is 11.6 Å². The summed E-state index contributed by atoms with van der Waals surface area (Å²) in [4.78, 5) is 14.4. The van der Waals surface area contributed by atoms with Gasteiger partial charge in [0.25, 0.3) is 0 Å². The van der Waals surface area contributed by atoms with E-state index in [1.54, 1.807) is 6.07 Å². The first-order valence-electron chi connectivity index (χ1n) is 3.46. The summed E-state index contributed by atoms with van der Waals surface area (Å²) in [5.41, 5.74) is 0.756. The van der Waals surface area contributed by atoms with E-state index in [1.165, 1.54) is 12.3 Å². The fourth-order valence-electron chi connectivity index (χ4n) is 1.01. The maximum absolute atomic E-state index is 10.5. The highest BCUT2D eigenvalue weighted by atomic mass is 35.5. The molecule has 5 heteroatoms. The fourth-order valence-corrected chi connectivity index (χ4v) is 1.20. The second-order valence-corrected chi connectivity index (χ2v) is 2.83. The summed E-state index contributed by atoms with van der Waals surface area (Å²) < 4.78 is 4.97. The van der Waals surface area contributed by atoms with Gasteiger partial charge in [-0.05, 0) is 6.07 Å². The third-order valence-electron chi connectivity index (χ3n) is 1.57. The average molecular weight is 198 g/mol. The smallest absolute Gasteiger partial charge is 0.371 e. The number of rotatable bonds is 1. The molecule has 0 spiro atoms. The maximum atomic E-state index is 10.5. The van der Waals surface area contributed by atoms with Crippen molar-refractivity contribution in [3.05, 3.63) is 29.1 Å². The first kappa shape index (κ1) is 8.07. The standard InChI is InChI=1S/C8H4ClNO3/c9-4-1-2-10-5-3-6(8(11)12)13-7(4)5/h1-3H,(H,11,12). The summed E-state index contributed by atoms with van der Waals surface area (Å²) in [7, 11) is 0. The molecule has 0 unspecified atom stereocenters. The number of nitrogens with zero attached hydrogens (tertiary/aromatic N) is 1. The van der Waals surface area contributed by atoms with Crippen molar-refractivity contribution in [2.24, 2.45) is 0 Å². The molecule has 2 heterocycles. The van der Waals surface area contributed by atoms with Crippen LogP contribution in [0.4, 0.5) is 0 Å². The van der Waals surface area contributed by atoms with Crippen molar-refractivity contribution in [1.82, 2.24) is 4.98 Å². The van der Waals surface area contributed by atoms with Crippen LogP contribution in [0.3, 0.4) is 0 Å². The van der Waals surface area contributed by atoms with Crippen LogP contribution in [0, 0.1) is 0 Å². The van der Waals surface area contributed by atoms with Gasteiger partial charge >= 0.3 is 5.97 Å². The van der Waals surface area contributed by atoms with Crippen LogP contribution in [-0.2, 0) is 0 Å². The first-order chi connectivity index (χ1) is 6.18. The molecule has 0 bridgehead atoms. The number of carboxylic acid groups (broad SMARTS) is 1. The van der Waals surface area contributed by atoms with Gasteiger partial charge in [-0.3, -0.25) is 4.98 Å². The van der Waals surface area contributed by atoms with Gasteiger partial charge < -0.3 is 9.52 Å². The van der Waals surface area contributed by atoms with E-state index in [2.05, 4.69) is 4.98 Å². The molecule has 0 saturated carbocycles. The molecule has 0 amide bonds. The predicted molar refractivity (Wildman–Crippen MR) is 46.0 cm³/mol. The molecule has 0 fully saturated rings. The lowest BCUT2D eigenvalue weighted by Gasteiger charge is -1.88. The zero-order valence-corrected chi connectivity index (χ0v) is 7.08. The topological polar surface area (TPSA) is 63.3 Å². The van der Waals surface area contributed by atoms with Crippen LogP contribution < -0.4 is 0 Å². The van der Waals surface area contributed by atoms with Gasteiger partial charge in [0.15, 0.2) is 5.58 Å². The van der Waals surface area contributed by atoms with Crippen LogP contribution in [0.2, 0.25) is 5.02 Å². The molecule has 1 N–H and O–H groups in total. The summed E-state index contributed by atoms with van der Waals surface area (Å²) in [6.45, 7) is 0. The minimum absolute atomic E-state index is 0.157. The lowest BCUT2D eigenvalue weighted by atomic mass is 10.4. The number of hydrogen-bond donors (Lipinski definition) is 1.